The summed E-state index contributed by atoms with van der Waals surface area (Å²) in [4.78, 5) is 11.6. The van der Waals surface area contributed by atoms with Crippen LogP contribution >= 0.6 is 15.9 Å². The summed E-state index contributed by atoms with van der Waals surface area (Å²) in [6.07, 6.45) is 1.96. The summed E-state index contributed by atoms with van der Waals surface area (Å²) >= 11 is 3.39. The Kier molecular flexibility index (Phi) is 2.41. The van der Waals surface area contributed by atoms with Crippen molar-refractivity contribution in [3.8, 4) is 5.75 Å². The molecule has 2 N–H and O–H groups in total. The van der Waals surface area contributed by atoms with Crippen LogP contribution in [-0.2, 0) is 11.3 Å². The molecule has 1 aromatic rings. The number of ether oxygens (including phenoxy) is 2. The normalized spacial score (nSPS) is 19.8. The molecule has 0 bridgehead atoms. The molecule has 1 aromatic carbocycles. The van der Waals surface area contributed by atoms with Gasteiger partial charge in [-0.3, -0.25) is 0 Å². The van der Waals surface area contributed by atoms with Crippen molar-refractivity contribution in [1.29, 1.82) is 0 Å². The summed E-state index contributed by atoms with van der Waals surface area (Å²) in [7, 11) is 0. The number of esters is 1. The number of nitrogens with two attached hydrogens (primary N) is 1. The standard InChI is InChI=1S/C12H12BrNO3/c13-8-3-7-5-16-11(15)10(7)9(4-8)17-6-12(14)1-2-12/h3-4H,1-2,5-6,14H2. The topological polar surface area (TPSA) is 61.5 Å². The van der Waals surface area contributed by atoms with E-state index in [-0.39, 0.29) is 11.5 Å². The Balaban J connectivity index is 1.90. The maximum atomic E-state index is 11.6. The van der Waals surface area contributed by atoms with E-state index in [1.165, 1.54) is 0 Å². The van der Waals surface area contributed by atoms with Gasteiger partial charge in [0.05, 0.1) is 5.54 Å². The zero-order valence-electron chi connectivity index (χ0n) is 9.16. The van der Waals surface area contributed by atoms with Gasteiger partial charge in [0.25, 0.3) is 0 Å². The molecule has 5 heteroatoms. The van der Waals surface area contributed by atoms with Crippen molar-refractivity contribution in [2.75, 3.05) is 6.61 Å². The Morgan fingerprint density at radius 2 is 2.24 bits per heavy atom. The molecule has 1 aliphatic heterocycles. The Labute approximate surface area is 107 Å². The van der Waals surface area contributed by atoms with Gasteiger partial charge in [0.1, 0.15) is 24.5 Å². The van der Waals surface area contributed by atoms with Crippen LogP contribution in [0.15, 0.2) is 16.6 Å². The smallest absolute Gasteiger partial charge is 0.342 e. The monoisotopic (exact) mass is 297 g/mol. The fourth-order valence-corrected chi connectivity index (χ4v) is 2.32. The van der Waals surface area contributed by atoms with Gasteiger partial charge in [-0.1, -0.05) is 15.9 Å². The first kappa shape index (κ1) is 11.0. The molecule has 4 nitrogen and oxygen atoms in total. The lowest BCUT2D eigenvalue weighted by atomic mass is 10.1. The van der Waals surface area contributed by atoms with Crippen LogP contribution in [-0.4, -0.2) is 18.1 Å². The largest absolute Gasteiger partial charge is 0.491 e. The third-order valence-corrected chi connectivity index (χ3v) is 3.58. The van der Waals surface area contributed by atoms with Crippen molar-refractivity contribution in [2.24, 2.45) is 5.73 Å². The SMILES string of the molecule is NC1(COc2cc(Br)cc3c2C(=O)OC3)CC1. The molecule has 1 aliphatic carbocycles. The average Bonchev–Trinajstić information content (AvgIpc) is 2.90. The molecule has 0 aromatic heterocycles. The second-order valence-electron chi connectivity index (χ2n) is 4.67. The van der Waals surface area contributed by atoms with Crippen molar-refractivity contribution in [1.82, 2.24) is 0 Å². The van der Waals surface area contributed by atoms with Gasteiger partial charge in [-0.25, -0.2) is 4.79 Å². The van der Waals surface area contributed by atoms with Gasteiger partial charge in [0.15, 0.2) is 0 Å². The first-order valence-corrected chi connectivity index (χ1v) is 6.28. The molecule has 2 aliphatic rings. The lowest BCUT2D eigenvalue weighted by Crippen LogP contribution is -2.30. The third-order valence-electron chi connectivity index (χ3n) is 3.12. The Morgan fingerprint density at radius 1 is 1.47 bits per heavy atom. The number of carbonyl (C=O) groups is 1. The van der Waals surface area contributed by atoms with E-state index in [4.69, 9.17) is 15.2 Å². The number of hydrogen-bond donors (Lipinski definition) is 1. The molecule has 17 heavy (non-hydrogen) atoms. The highest BCUT2D eigenvalue weighted by Gasteiger charge is 2.39. The summed E-state index contributed by atoms with van der Waals surface area (Å²) in [5, 5.41) is 0. The molecule has 0 amide bonds. The highest BCUT2D eigenvalue weighted by atomic mass is 79.9. The first-order valence-electron chi connectivity index (χ1n) is 5.49. The van der Waals surface area contributed by atoms with Crippen LogP contribution in [0, 0.1) is 0 Å². The molecule has 1 saturated carbocycles. The second kappa shape index (κ2) is 3.71. The van der Waals surface area contributed by atoms with E-state index in [0.29, 0.717) is 24.5 Å². The molecule has 0 spiro atoms. The van der Waals surface area contributed by atoms with Crippen molar-refractivity contribution in [3.05, 3.63) is 27.7 Å². The number of benzene rings is 1. The van der Waals surface area contributed by atoms with Crippen LogP contribution < -0.4 is 10.5 Å². The summed E-state index contributed by atoms with van der Waals surface area (Å²) in [6.45, 7) is 0.765. The average molecular weight is 298 g/mol. The van der Waals surface area contributed by atoms with Crippen molar-refractivity contribution < 1.29 is 14.3 Å². The van der Waals surface area contributed by atoms with E-state index in [1.807, 2.05) is 6.07 Å². The Morgan fingerprint density at radius 3 is 2.94 bits per heavy atom. The summed E-state index contributed by atoms with van der Waals surface area (Å²) in [5.74, 6) is 0.248. The molecule has 0 atom stereocenters. The van der Waals surface area contributed by atoms with Crippen LogP contribution in [0.4, 0.5) is 0 Å². The van der Waals surface area contributed by atoms with Gasteiger partial charge < -0.3 is 15.2 Å². The zero-order chi connectivity index (χ0) is 12.0. The number of fused-ring (bicyclic) bond motifs is 1. The van der Waals surface area contributed by atoms with Crippen LogP contribution in [0.5, 0.6) is 5.75 Å². The van der Waals surface area contributed by atoms with E-state index in [0.717, 1.165) is 22.9 Å². The fraction of sp³-hybridized carbons (Fsp3) is 0.417. The fourth-order valence-electron chi connectivity index (χ4n) is 1.84. The maximum Gasteiger partial charge on any atom is 0.342 e. The molecular formula is C12H12BrNO3. The van der Waals surface area contributed by atoms with Crippen LogP contribution in [0.2, 0.25) is 0 Å². The number of carbonyl (C=O) groups excluding carboxylic acids is 1. The Hall–Kier alpha value is -1.07. The molecule has 0 radical (unpaired) electrons. The minimum absolute atomic E-state index is 0.197. The quantitative estimate of drug-likeness (QED) is 0.867. The highest BCUT2D eigenvalue weighted by molar-refractivity contribution is 9.10. The van der Waals surface area contributed by atoms with E-state index >= 15 is 0 Å². The first-order chi connectivity index (χ1) is 8.07. The van der Waals surface area contributed by atoms with Gasteiger partial charge in [0.2, 0.25) is 0 Å². The summed E-state index contributed by atoms with van der Waals surface area (Å²) in [5.41, 5.74) is 7.16. The van der Waals surface area contributed by atoms with Crippen LogP contribution in [0.3, 0.4) is 0 Å². The molecule has 90 valence electrons. The minimum Gasteiger partial charge on any atom is -0.491 e. The summed E-state index contributed by atoms with van der Waals surface area (Å²) in [6, 6.07) is 3.67. The lowest BCUT2D eigenvalue weighted by Gasteiger charge is -2.13. The molecule has 3 rings (SSSR count). The van der Waals surface area contributed by atoms with E-state index in [9.17, 15) is 4.79 Å². The molecule has 1 heterocycles. The van der Waals surface area contributed by atoms with E-state index < -0.39 is 0 Å². The van der Waals surface area contributed by atoms with Gasteiger partial charge in [-0.2, -0.15) is 0 Å². The molecule has 0 unspecified atom stereocenters. The number of rotatable bonds is 3. The van der Waals surface area contributed by atoms with E-state index in [2.05, 4.69) is 15.9 Å². The van der Waals surface area contributed by atoms with Crippen molar-refractivity contribution >= 4 is 21.9 Å². The van der Waals surface area contributed by atoms with Crippen molar-refractivity contribution in [2.45, 2.75) is 25.0 Å². The predicted molar refractivity (Wildman–Crippen MR) is 64.9 cm³/mol. The molecule has 1 fully saturated rings. The zero-order valence-corrected chi connectivity index (χ0v) is 10.7. The second-order valence-corrected chi connectivity index (χ2v) is 5.58. The Bertz CT molecular complexity index is 497. The van der Waals surface area contributed by atoms with Crippen molar-refractivity contribution in [3.63, 3.8) is 0 Å². The number of halogens is 1. The highest BCUT2D eigenvalue weighted by Crippen LogP contribution is 2.36. The lowest BCUT2D eigenvalue weighted by molar-refractivity contribution is 0.0532. The number of hydrogen-bond acceptors (Lipinski definition) is 4. The predicted octanol–water partition coefficient (Wildman–Crippen LogP) is 1.99. The van der Waals surface area contributed by atoms with Gasteiger partial charge in [0, 0.05) is 10.0 Å². The van der Waals surface area contributed by atoms with Gasteiger partial charge in [-0.15, -0.1) is 0 Å². The number of cyclic esters (lactones) is 1. The minimum atomic E-state index is -0.315. The maximum absolute atomic E-state index is 11.6. The molecular weight excluding hydrogens is 286 g/mol. The van der Waals surface area contributed by atoms with Gasteiger partial charge in [-0.05, 0) is 25.0 Å². The van der Waals surface area contributed by atoms with Crippen LogP contribution in [0.25, 0.3) is 0 Å². The third kappa shape index (κ3) is 2.05. The van der Waals surface area contributed by atoms with Gasteiger partial charge >= 0.3 is 5.97 Å². The molecule has 0 saturated heterocycles. The summed E-state index contributed by atoms with van der Waals surface area (Å²) < 4.78 is 11.5. The van der Waals surface area contributed by atoms with Crippen LogP contribution in [0.1, 0.15) is 28.8 Å². The van der Waals surface area contributed by atoms with E-state index in [1.54, 1.807) is 6.07 Å².